The molecule has 2 rings (SSSR count). The largest absolute Gasteiger partial charge is 0.271 e. The van der Waals surface area contributed by atoms with Crippen molar-refractivity contribution < 1.29 is 14.5 Å². The molecule has 2 aromatic rings. The monoisotopic (exact) mass is 319 g/mol. The highest BCUT2D eigenvalue weighted by Crippen LogP contribution is 2.14. The van der Waals surface area contributed by atoms with Crippen molar-refractivity contribution in [2.24, 2.45) is 0 Å². The Bertz CT molecular complexity index is 748. The summed E-state index contributed by atoms with van der Waals surface area (Å²) < 4.78 is 0. The maximum atomic E-state index is 11.9. The summed E-state index contributed by atoms with van der Waals surface area (Å²) in [5.74, 6) is -1.27. The molecule has 0 atom stereocenters. The van der Waals surface area contributed by atoms with Crippen LogP contribution in [0.5, 0.6) is 0 Å². The van der Waals surface area contributed by atoms with Crippen LogP contribution >= 0.6 is 11.6 Å². The number of nitro benzene ring substituents is 1. The fraction of sp³-hybridized carbons (Fsp3) is 0. The van der Waals surface area contributed by atoms with Crippen molar-refractivity contribution in [2.45, 2.75) is 0 Å². The number of hydrogen-bond acceptors (Lipinski definition) is 4. The highest BCUT2D eigenvalue weighted by Gasteiger charge is 2.13. The van der Waals surface area contributed by atoms with Crippen molar-refractivity contribution in [1.82, 2.24) is 10.9 Å². The molecule has 2 amide bonds. The molecule has 2 N–H and O–H groups in total. The number of carbonyl (C=O) groups is 2. The molecule has 8 heteroatoms. The molecule has 2 aromatic carbocycles. The summed E-state index contributed by atoms with van der Waals surface area (Å²) in [7, 11) is 0. The number of carbonyl (C=O) groups excluding carboxylic acids is 2. The molecule has 0 spiro atoms. The van der Waals surface area contributed by atoms with Crippen LogP contribution in [-0.2, 0) is 0 Å². The van der Waals surface area contributed by atoms with Gasteiger partial charge in [-0.05, 0) is 18.2 Å². The normalized spacial score (nSPS) is 9.86. The highest BCUT2D eigenvalue weighted by molar-refractivity contribution is 6.33. The number of nitro groups is 1. The van der Waals surface area contributed by atoms with Gasteiger partial charge < -0.3 is 0 Å². The number of halogens is 1. The first-order chi connectivity index (χ1) is 10.5. The van der Waals surface area contributed by atoms with Gasteiger partial charge in [0.15, 0.2) is 0 Å². The lowest BCUT2D eigenvalue weighted by Gasteiger charge is -2.08. The Labute approximate surface area is 130 Å². The van der Waals surface area contributed by atoms with Crippen LogP contribution < -0.4 is 10.9 Å². The van der Waals surface area contributed by atoms with Crippen molar-refractivity contribution in [3.05, 3.63) is 74.8 Å². The number of amides is 2. The highest BCUT2D eigenvalue weighted by atomic mass is 35.5. The summed E-state index contributed by atoms with van der Waals surface area (Å²) in [5.41, 5.74) is 4.39. The van der Waals surface area contributed by atoms with Crippen LogP contribution in [0.3, 0.4) is 0 Å². The predicted molar refractivity (Wildman–Crippen MR) is 79.5 cm³/mol. The molecule has 112 valence electrons. The molecule has 7 nitrogen and oxygen atoms in total. The fourth-order valence-corrected chi connectivity index (χ4v) is 1.88. The van der Waals surface area contributed by atoms with E-state index in [1.807, 2.05) is 0 Å². The topological polar surface area (TPSA) is 101 Å². The second-order valence-corrected chi connectivity index (χ2v) is 4.60. The molecule has 0 radical (unpaired) electrons. The van der Waals surface area contributed by atoms with Crippen molar-refractivity contribution in [3.63, 3.8) is 0 Å². The summed E-state index contributed by atoms with van der Waals surface area (Å²) in [5, 5.41) is 10.9. The number of hydrazine groups is 1. The van der Waals surface area contributed by atoms with Crippen LogP contribution in [0.1, 0.15) is 20.7 Å². The lowest BCUT2D eigenvalue weighted by Crippen LogP contribution is -2.41. The van der Waals surface area contributed by atoms with Crippen molar-refractivity contribution in [1.29, 1.82) is 0 Å². The van der Waals surface area contributed by atoms with Gasteiger partial charge in [0.2, 0.25) is 0 Å². The Morgan fingerprint density at radius 3 is 2.36 bits per heavy atom. The number of hydrogen-bond donors (Lipinski definition) is 2. The van der Waals surface area contributed by atoms with Gasteiger partial charge in [-0.1, -0.05) is 29.8 Å². The molecule has 0 aliphatic heterocycles. The van der Waals surface area contributed by atoms with Crippen LogP contribution in [-0.4, -0.2) is 16.7 Å². The van der Waals surface area contributed by atoms with Gasteiger partial charge in [-0.25, -0.2) is 0 Å². The first-order valence-electron chi connectivity index (χ1n) is 6.08. The van der Waals surface area contributed by atoms with Gasteiger partial charge in [0.25, 0.3) is 17.5 Å². The Morgan fingerprint density at radius 1 is 1.00 bits per heavy atom. The molecule has 22 heavy (non-hydrogen) atoms. The van der Waals surface area contributed by atoms with E-state index in [0.717, 1.165) is 6.07 Å². The zero-order valence-corrected chi connectivity index (χ0v) is 11.8. The minimum Gasteiger partial charge on any atom is -0.267 e. The summed E-state index contributed by atoms with van der Waals surface area (Å²) >= 11 is 5.86. The first kappa shape index (κ1) is 15.5. The van der Waals surface area contributed by atoms with Gasteiger partial charge in [0, 0.05) is 17.7 Å². The molecule has 0 aromatic heterocycles. The quantitative estimate of drug-likeness (QED) is 0.669. The van der Waals surface area contributed by atoms with Crippen molar-refractivity contribution in [2.75, 3.05) is 0 Å². The van der Waals surface area contributed by atoms with Crippen LogP contribution in [0.2, 0.25) is 5.02 Å². The van der Waals surface area contributed by atoms with E-state index in [9.17, 15) is 19.7 Å². The summed E-state index contributed by atoms with van der Waals surface area (Å²) in [6.07, 6.45) is 0. The molecular weight excluding hydrogens is 310 g/mol. The average Bonchev–Trinajstić information content (AvgIpc) is 2.52. The smallest absolute Gasteiger partial charge is 0.267 e. The second-order valence-electron chi connectivity index (χ2n) is 4.20. The molecule has 0 fully saturated rings. The number of benzene rings is 2. The van der Waals surface area contributed by atoms with Gasteiger partial charge in [-0.2, -0.15) is 0 Å². The third kappa shape index (κ3) is 3.58. The molecule has 0 saturated carbocycles. The first-order valence-corrected chi connectivity index (χ1v) is 6.46. The van der Waals surface area contributed by atoms with Crippen molar-refractivity contribution in [3.8, 4) is 0 Å². The molecule has 0 bridgehead atoms. The van der Waals surface area contributed by atoms with Crippen LogP contribution in [0, 0.1) is 10.1 Å². The predicted octanol–water partition coefficient (Wildman–Crippen LogP) is 2.32. The third-order valence-corrected chi connectivity index (χ3v) is 3.06. The Balaban J connectivity index is 2.04. The summed E-state index contributed by atoms with van der Waals surface area (Å²) in [6, 6.07) is 11.5. The van der Waals surface area contributed by atoms with Crippen LogP contribution in [0.4, 0.5) is 5.69 Å². The maximum absolute atomic E-state index is 11.9. The fourth-order valence-electron chi connectivity index (χ4n) is 1.66. The zero-order valence-electron chi connectivity index (χ0n) is 11.1. The standard InChI is InChI=1S/C14H10ClN3O4/c15-12-7-2-1-6-11(12)14(20)17-16-13(19)9-4-3-5-10(8-9)18(21)22/h1-8H,(H,16,19)(H,17,20). The second kappa shape index (κ2) is 6.68. The number of nitrogens with zero attached hydrogens (tertiary/aromatic N) is 1. The summed E-state index contributed by atoms with van der Waals surface area (Å²) in [4.78, 5) is 33.8. The third-order valence-electron chi connectivity index (χ3n) is 2.73. The average molecular weight is 320 g/mol. The van der Waals surface area contributed by atoms with E-state index < -0.39 is 16.7 Å². The summed E-state index contributed by atoms with van der Waals surface area (Å²) in [6.45, 7) is 0. The van der Waals surface area contributed by atoms with E-state index >= 15 is 0 Å². The van der Waals surface area contributed by atoms with Crippen molar-refractivity contribution >= 4 is 29.1 Å². The minimum atomic E-state index is -0.677. The molecule has 0 heterocycles. The molecule has 0 aliphatic carbocycles. The van der Waals surface area contributed by atoms with E-state index in [1.165, 1.54) is 24.3 Å². The Kier molecular flexibility index (Phi) is 4.70. The van der Waals surface area contributed by atoms with E-state index in [2.05, 4.69) is 10.9 Å². The lowest BCUT2D eigenvalue weighted by atomic mass is 10.2. The maximum Gasteiger partial charge on any atom is 0.271 e. The Hall–Kier alpha value is -2.93. The van der Waals surface area contributed by atoms with Gasteiger partial charge in [0.1, 0.15) is 0 Å². The molecule has 0 aliphatic rings. The Morgan fingerprint density at radius 2 is 1.68 bits per heavy atom. The number of rotatable bonds is 3. The number of nitrogens with one attached hydrogen (secondary N) is 2. The number of non-ortho nitro benzene ring substituents is 1. The van der Waals surface area contributed by atoms with Crippen LogP contribution in [0.25, 0.3) is 0 Å². The van der Waals surface area contributed by atoms with E-state index in [-0.39, 0.29) is 21.8 Å². The minimum absolute atomic E-state index is 0.0497. The van der Waals surface area contributed by atoms with E-state index in [0.29, 0.717) is 0 Å². The van der Waals surface area contributed by atoms with Gasteiger partial charge in [-0.15, -0.1) is 0 Å². The van der Waals surface area contributed by atoms with E-state index in [1.54, 1.807) is 18.2 Å². The molecule has 0 unspecified atom stereocenters. The van der Waals surface area contributed by atoms with Gasteiger partial charge >= 0.3 is 0 Å². The zero-order chi connectivity index (χ0) is 16.1. The van der Waals surface area contributed by atoms with Gasteiger partial charge in [-0.3, -0.25) is 30.6 Å². The molecule has 0 saturated heterocycles. The lowest BCUT2D eigenvalue weighted by molar-refractivity contribution is -0.384. The van der Waals surface area contributed by atoms with Crippen LogP contribution in [0.15, 0.2) is 48.5 Å². The SMILES string of the molecule is O=C(NNC(=O)c1ccccc1Cl)c1cccc([N+](=O)[O-])c1. The van der Waals surface area contributed by atoms with Gasteiger partial charge in [0.05, 0.1) is 15.5 Å². The molecular formula is C14H10ClN3O4. The van der Waals surface area contributed by atoms with E-state index in [4.69, 9.17) is 11.6 Å².